The van der Waals surface area contributed by atoms with Crippen LogP contribution in [0.3, 0.4) is 0 Å². The molecular formula is C12H15FN2O4. The summed E-state index contributed by atoms with van der Waals surface area (Å²) in [6, 6.07) is 3.73. The second-order valence-electron chi connectivity index (χ2n) is 3.96. The standard InChI is InChI=1S/C12H15FN2O4/c1-7-3-2-4-8(13)10(7)15-12(19)14-6-5-9(16)11(17)18/h2-4,9,16H,5-6H2,1H3,(H,17,18)(H2,14,15,19)/t9-/m0/s1. The molecule has 104 valence electrons. The first kappa shape index (κ1) is 14.9. The van der Waals surface area contributed by atoms with E-state index in [0.29, 0.717) is 5.56 Å². The van der Waals surface area contributed by atoms with Crippen LogP contribution in [0.5, 0.6) is 0 Å². The van der Waals surface area contributed by atoms with Crippen molar-refractivity contribution in [2.45, 2.75) is 19.4 Å². The molecular weight excluding hydrogens is 255 g/mol. The van der Waals surface area contributed by atoms with Crippen molar-refractivity contribution in [2.24, 2.45) is 0 Å². The normalized spacial score (nSPS) is 11.7. The number of rotatable bonds is 5. The van der Waals surface area contributed by atoms with Gasteiger partial charge in [0.1, 0.15) is 5.82 Å². The van der Waals surface area contributed by atoms with E-state index in [1.807, 2.05) is 0 Å². The van der Waals surface area contributed by atoms with Crippen LogP contribution >= 0.6 is 0 Å². The third kappa shape index (κ3) is 4.55. The Morgan fingerprint density at radius 2 is 2.11 bits per heavy atom. The minimum absolute atomic E-state index is 0.0349. The monoisotopic (exact) mass is 270 g/mol. The van der Waals surface area contributed by atoms with E-state index < -0.39 is 23.9 Å². The Balaban J connectivity index is 2.46. The maximum Gasteiger partial charge on any atom is 0.332 e. The summed E-state index contributed by atoms with van der Waals surface area (Å²) in [4.78, 5) is 21.8. The Bertz CT molecular complexity index is 459. The molecule has 2 amide bonds. The van der Waals surface area contributed by atoms with Crippen LogP contribution in [0.25, 0.3) is 0 Å². The van der Waals surface area contributed by atoms with Gasteiger partial charge in [-0.15, -0.1) is 0 Å². The number of urea groups is 1. The number of carbonyl (C=O) groups is 2. The van der Waals surface area contributed by atoms with Gasteiger partial charge in [-0.2, -0.15) is 0 Å². The Morgan fingerprint density at radius 1 is 1.42 bits per heavy atom. The van der Waals surface area contributed by atoms with E-state index in [4.69, 9.17) is 10.2 Å². The largest absolute Gasteiger partial charge is 0.479 e. The lowest BCUT2D eigenvalue weighted by molar-refractivity contribution is -0.146. The van der Waals surface area contributed by atoms with E-state index in [-0.39, 0.29) is 18.7 Å². The van der Waals surface area contributed by atoms with Crippen LogP contribution in [-0.2, 0) is 4.79 Å². The van der Waals surface area contributed by atoms with E-state index in [9.17, 15) is 14.0 Å². The van der Waals surface area contributed by atoms with Gasteiger partial charge in [0.05, 0.1) is 5.69 Å². The number of hydrogen-bond acceptors (Lipinski definition) is 3. The molecule has 0 heterocycles. The number of halogens is 1. The molecule has 0 aliphatic rings. The van der Waals surface area contributed by atoms with Crippen molar-refractivity contribution in [3.8, 4) is 0 Å². The predicted octanol–water partition coefficient (Wildman–Crippen LogP) is 1.09. The summed E-state index contributed by atoms with van der Waals surface area (Å²) < 4.78 is 13.4. The van der Waals surface area contributed by atoms with Crippen LogP contribution < -0.4 is 10.6 Å². The van der Waals surface area contributed by atoms with Crippen LogP contribution in [0.1, 0.15) is 12.0 Å². The molecule has 19 heavy (non-hydrogen) atoms. The van der Waals surface area contributed by atoms with Gasteiger partial charge in [0, 0.05) is 13.0 Å². The number of para-hydroxylation sites is 1. The molecule has 0 fully saturated rings. The van der Waals surface area contributed by atoms with E-state index in [1.54, 1.807) is 13.0 Å². The topological polar surface area (TPSA) is 98.7 Å². The Morgan fingerprint density at radius 3 is 2.68 bits per heavy atom. The molecule has 1 rings (SSSR count). The first-order valence-electron chi connectivity index (χ1n) is 5.62. The Kier molecular flexibility index (Phi) is 5.25. The van der Waals surface area contributed by atoms with Crippen molar-refractivity contribution in [3.05, 3.63) is 29.6 Å². The number of nitrogens with one attached hydrogen (secondary N) is 2. The SMILES string of the molecule is Cc1cccc(F)c1NC(=O)NCC[C@H](O)C(=O)O. The molecule has 0 saturated heterocycles. The molecule has 1 aromatic carbocycles. The molecule has 0 bridgehead atoms. The fraction of sp³-hybridized carbons (Fsp3) is 0.333. The molecule has 6 nitrogen and oxygen atoms in total. The zero-order valence-corrected chi connectivity index (χ0v) is 10.3. The average Bonchev–Trinajstić information content (AvgIpc) is 2.33. The average molecular weight is 270 g/mol. The number of aliphatic carboxylic acids is 1. The number of amides is 2. The number of aryl methyl sites for hydroxylation is 1. The van der Waals surface area contributed by atoms with Crippen molar-refractivity contribution < 1.29 is 24.2 Å². The number of anilines is 1. The lowest BCUT2D eigenvalue weighted by atomic mass is 10.2. The number of carboxylic acid groups (broad SMARTS) is 1. The molecule has 0 radical (unpaired) electrons. The van der Waals surface area contributed by atoms with Gasteiger partial charge in [-0.25, -0.2) is 14.0 Å². The van der Waals surface area contributed by atoms with Gasteiger partial charge in [-0.3, -0.25) is 0 Å². The molecule has 0 unspecified atom stereocenters. The lowest BCUT2D eigenvalue weighted by Gasteiger charge is -2.11. The van der Waals surface area contributed by atoms with Crippen molar-refractivity contribution in [3.63, 3.8) is 0 Å². The molecule has 1 atom stereocenters. The molecule has 0 aliphatic carbocycles. The third-order valence-electron chi connectivity index (χ3n) is 2.45. The van der Waals surface area contributed by atoms with Crippen LogP contribution in [0.2, 0.25) is 0 Å². The lowest BCUT2D eigenvalue weighted by Crippen LogP contribution is -2.33. The molecule has 1 aromatic rings. The summed E-state index contributed by atoms with van der Waals surface area (Å²) >= 11 is 0. The van der Waals surface area contributed by atoms with Crippen molar-refractivity contribution in [1.29, 1.82) is 0 Å². The van der Waals surface area contributed by atoms with Gasteiger partial charge in [-0.05, 0) is 18.6 Å². The number of aliphatic hydroxyl groups excluding tert-OH is 1. The van der Waals surface area contributed by atoms with E-state index in [1.165, 1.54) is 12.1 Å². The number of aliphatic hydroxyl groups is 1. The fourth-order valence-electron chi connectivity index (χ4n) is 1.39. The summed E-state index contributed by atoms with van der Waals surface area (Å²) in [6.07, 6.45) is -1.66. The Labute approximate surface area is 109 Å². The van der Waals surface area contributed by atoms with Gasteiger partial charge in [0.2, 0.25) is 0 Å². The summed E-state index contributed by atoms with van der Waals surface area (Å²) in [5, 5.41) is 22.1. The molecule has 4 N–H and O–H groups in total. The van der Waals surface area contributed by atoms with Gasteiger partial charge in [0.15, 0.2) is 6.10 Å². The minimum Gasteiger partial charge on any atom is -0.479 e. The predicted molar refractivity (Wildman–Crippen MR) is 66.4 cm³/mol. The summed E-state index contributed by atoms with van der Waals surface area (Å²) in [5.41, 5.74) is 0.638. The maximum atomic E-state index is 13.4. The van der Waals surface area contributed by atoms with Crippen LogP contribution in [0.4, 0.5) is 14.9 Å². The number of carbonyl (C=O) groups excluding carboxylic acids is 1. The number of benzene rings is 1. The van der Waals surface area contributed by atoms with Gasteiger partial charge in [-0.1, -0.05) is 12.1 Å². The molecule has 0 aromatic heterocycles. The maximum absolute atomic E-state index is 13.4. The second kappa shape index (κ2) is 6.69. The van der Waals surface area contributed by atoms with Crippen LogP contribution in [0, 0.1) is 12.7 Å². The van der Waals surface area contributed by atoms with Gasteiger partial charge in [0.25, 0.3) is 0 Å². The third-order valence-corrected chi connectivity index (χ3v) is 2.45. The highest BCUT2D eigenvalue weighted by atomic mass is 19.1. The van der Waals surface area contributed by atoms with Gasteiger partial charge < -0.3 is 20.8 Å². The van der Waals surface area contributed by atoms with Crippen molar-refractivity contribution >= 4 is 17.7 Å². The zero-order chi connectivity index (χ0) is 14.4. The van der Waals surface area contributed by atoms with E-state index >= 15 is 0 Å². The summed E-state index contributed by atoms with van der Waals surface area (Å²) in [5.74, 6) is -1.91. The molecule has 0 saturated carbocycles. The summed E-state index contributed by atoms with van der Waals surface area (Å²) in [7, 11) is 0. The second-order valence-corrected chi connectivity index (χ2v) is 3.96. The van der Waals surface area contributed by atoms with E-state index in [2.05, 4.69) is 10.6 Å². The Hall–Kier alpha value is -2.15. The van der Waals surface area contributed by atoms with Crippen molar-refractivity contribution in [2.75, 3.05) is 11.9 Å². The highest BCUT2D eigenvalue weighted by Crippen LogP contribution is 2.18. The first-order chi connectivity index (χ1) is 8.91. The van der Waals surface area contributed by atoms with Crippen molar-refractivity contribution in [1.82, 2.24) is 5.32 Å². The highest BCUT2D eigenvalue weighted by Gasteiger charge is 2.13. The number of hydrogen-bond donors (Lipinski definition) is 4. The quantitative estimate of drug-likeness (QED) is 0.643. The summed E-state index contributed by atoms with van der Waals surface area (Å²) in [6.45, 7) is 1.61. The first-order valence-corrected chi connectivity index (χ1v) is 5.62. The smallest absolute Gasteiger partial charge is 0.332 e. The van der Waals surface area contributed by atoms with Crippen LogP contribution in [0.15, 0.2) is 18.2 Å². The minimum atomic E-state index is -1.53. The molecule has 7 heteroatoms. The molecule has 0 aliphatic heterocycles. The van der Waals surface area contributed by atoms with Gasteiger partial charge >= 0.3 is 12.0 Å². The van der Waals surface area contributed by atoms with E-state index in [0.717, 1.165) is 0 Å². The zero-order valence-electron chi connectivity index (χ0n) is 10.3. The fourth-order valence-corrected chi connectivity index (χ4v) is 1.39. The highest BCUT2D eigenvalue weighted by molar-refractivity contribution is 5.90. The van der Waals surface area contributed by atoms with Crippen LogP contribution in [-0.4, -0.2) is 34.9 Å². The molecule has 0 spiro atoms. The number of carboxylic acids is 1.